The maximum atomic E-state index is 13.5. The van der Waals surface area contributed by atoms with Crippen molar-refractivity contribution < 1.29 is 18.0 Å². The number of carbonyl (C=O) groups excluding carboxylic acids is 1. The van der Waals surface area contributed by atoms with Crippen LogP contribution in [-0.2, 0) is 0 Å². The number of imidazole rings is 1. The number of nitrogens with zero attached hydrogens (tertiary/aromatic N) is 2. The summed E-state index contributed by atoms with van der Waals surface area (Å²) in [5.41, 5.74) is 0.282. The molecule has 0 spiro atoms. The zero-order valence-corrected chi connectivity index (χ0v) is 8.93. The third-order valence-electron chi connectivity index (χ3n) is 2.49. The van der Waals surface area contributed by atoms with E-state index < -0.39 is 11.6 Å². The zero-order chi connectivity index (χ0) is 12.7. The first-order chi connectivity index (χ1) is 8.67. The van der Waals surface area contributed by atoms with Crippen LogP contribution in [0.4, 0.5) is 8.78 Å². The van der Waals surface area contributed by atoms with E-state index in [2.05, 4.69) is 4.98 Å². The molecule has 4 nitrogen and oxygen atoms in total. The maximum Gasteiger partial charge on any atom is 0.306 e. The molecule has 0 saturated carbocycles. The lowest BCUT2D eigenvalue weighted by molar-refractivity contribution is 0.110. The predicted molar refractivity (Wildman–Crippen MR) is 58.2 cm³/mol. The Bertz CT molecular complexity index is 714. The van der Waals surface area contributed by atoms with Gasteiger partial charge in [-0.2, -0.15) is 4.98 Å². The SMILES string of the molecule is O=Cc1cn2cc(-c3cc(F)ccc3F)nc2o1. The molecule has 2 heterocycles. The van der Waals surface area contributed by atoms with Crippen LogP contribution < -0.4 is 0 Å². The molecular formula is C12H6F2N2O2. The highest BCUT2D eigenvalue weighted by molar-refractivity contribution is 5.71. The van der Waals surface area contributed by atoms with Gasteiger partial charge in [-0.3, -0.25) is 9.20 Å². The van der Waals surface area contributed by atoms with E-state index in [1.165, 1.54) is 16.8 Å². The van der Waals surface area contributed by atoms with E-state index in [4.69, 9.17) is 4.42 Å². The lowest BCUT2D eigenvalue weighted by atomic mass is 10.1. The van der Waals surface area contributed by atoms with Crippen molar-refractivity contribution in [2.24, 2.45) is 0 Å². The summed E-state index contributed by atoms with van der Waals surface area (Å²) in [6.45, 7) is 0. The summed E-state index contributed by atoms with van der Waals surface area (Å²) in [7, 11) is 0. The zero-order valence-electron chi connectivity index (χ0n) is 8.93. The van der Waals surface area contributed by atoms with Crippen LogP contribution in [0.15, 0.2) is 35.0 Å². The summed E-state index contributed by atoms with van der Waals surface area (Å²) in [4.78, 5) is 14.5. The van der Waals surface area contributed by atoms with Crippen molar-refractivity contribution in [3.8, 4) is 11.3 Å². The lowest BCUT2D eigenvalue weighted by Crippen LogP contribution is -1.86. The highest BCUT2D eigenvalue weighted by Crippen LogP contribution is 2.24. The van der Waals surface area contributed by atoms with E-state index in [0.29, 0.717) is 6.29 Å². The van der Waals surface area contributed by atoms with Crippen molar-refractivity contribution >= 4 is 12.1 Å². The molecule has 3 aromatic rings. The van der Waals surface area contributed by atoms with Crippen LogP contribution in [0.1, 0.15) is 10.6 Å². The third kappa shape index (κ3) is 1.58. The fraction of sp³-hybridized carbons (Fsp3) is 0. The van der Waals surface area contributed by atoms with Crippen LogP contribution in [0, 0.1) is 11.6 Å². The van der Waals surface area contributed by atoms with Gasteiger partial charge in [0.1, 0.15) is 11.6 Å². The lowest BCUT2D eigenvalue weighted by Gasteiger charge is -1.98. The number of halogens is 2. The second-order valence-corrected chi connectivity index (χ2v) is 3.69. The molecule has 0 radical (unpaired) electrons. The number of carbonyl (C=O) groups is 1. The molecule has 0 aliphatic rings. The fourth-order valence-electron chi connectivity index (χ4n) is 1.69. The van der Waals surface area contributed by atoms with Gasteiger partial charge in [-0.15, -0.1) is 0 Å². The molecule has 0 saturated heterocycles. The molecule has 18 heavy (non-hydrogen) atoms. The van der Waals surface area contributed by atoms with Crippen LogP contribution in [0.3, 0.4) is 0 Å². The molecule has 0 N–H and O–H groups in total. The van der Waals surface area contributed by atoms with Crippen LogP contribution in [0.25, 0.3) is 17.1 Å². The first-order valence-electron chi connectivity index (χ1n) is 5.06. The van der Waals surface area contributed by atoms with Crippen LogP contribution in [0.5, 0.6) is 0 Å². The average molecular weight is 248 g/mol. The predicted octanol–water partition coefficient (Wildman–Crippen LogP) is 2.69. The van der Waals surface area contributed by atoms with Gasteiger partial charge in [-0.25, -0.2) is 8.78 Å². The molecule has 90 valence electrons. The first-order valence-corrected chi connectivity index (χ1v) is 5.06. The Balaban J connectivity index is 2.16. The average Bonchev–Trinajstić information content (AvgIpc) is 2.89. The van der Waals surface area contributed by atoms with Crippen molar-refractivity contribution in [1.82, 2.24) is 9.38 Å². The third-order valence-corrected chi connectivity index (χ3v) is 2.49. The molecule has 6 heteroatoms. The molecule has 1 aromatic carbocycles. The van der Waals surface area contributed by atoms with Gasteiger partial charge in [0.05, 0.1) is 11.9 Å². The normalized spacial score (nSPS) is 11.0. The van der Waals surface area contributed by atoms with Crippen molar-refractivity contribution in [2.75, 3.05) is 0 Å². The summed E-state index contributed by atoms with van der Waals surface area (Å²) in [6.07, 6.45) is 3.41. The highest BCUT2D eigenvalue weighted by atomic mass is 19.1. The number of oxazole rings is 1. The number of rotatable bonds is 2. The van der Waals surface area contributed by atoms with Crippen molar-refractivity contribution in [2.45, 2.75) is 0 Å². The fourth-order valence-corrected chi connectivity index (χ4v) is 1.69. The van der Waals surface area contributed by atoms with E-state index in [-0.39, 0.29) is 22.9 Å². The summed E-state index contributed by atoms with van der Waals surface area (Å²) in [5, 5.41) is 0. The second kappa shape index (κ2) is 3.76. The van der Waals surface area contributed by atoms with Crippen molar-refractivity contribution in [3.63, 3.8) is 0 Å². The van der Waals surface area contributed by atoms with E-state index >= 15 is 0 Å². The minimum atomic E-state index is -0.576. The topological polar surface area (TPSA) is 47.5 Å². The Kier molecular flexibility index (Phi) is 2.22. The number of benzene rings is 1. The first kappa shape index (κ1) is 10.6. The molecule has 3 rings (SSSR count). The number of hydrogen-bond donors (Lipinski definition) is 0. The highest BCUT2D eigenvalue weighted by Gasteiger charge is 2.13. The summed E-state index contributed by atoms with van der Waals surface area (Å²) in [5.74, 6) is -0.864. The van der Waals surface area contributed by atoms with E-state index in [1.54, 1.807) is 0 Å². The second-order valence-electron chi connectivity index (χ2n) is 3.69. The molecule has 0 atom stereocenters. The minimum absolute atomic E-state index is 0.0431. The van der Waals surface area contributed by atoms with Gasteiger partial charge in [0.2, 0.25) is 0 Å². The van der Waals surface area contributed by atoms with Gasteiger partial charge < -0.3 is 4.42 Å². The molecule has 0 aliphatic carbocycles. The standard InChI is InChI=1S/C12H6F2N2O2/c13-7-1-2-10(14)9(3-7)11-5-16-4-8(6-17)18-12(16)15-11/h1-6H. The van der Waals surface area contributed by atoms with Gasteiger partial charge in [-0.05, 0) is 18.2 Å². The Morgan fingerprint density at radius 2 is 2.11 bits per heavy atom. The summed E-state index contributed by atoms with van der Waals surface area (Å²) >= 11 is 0. The quantitative estimate of drug-likeness (QED) is 0.655. The van der Waals surface area contributed by atoms with Crippen LogP contribution in [0.2, 0.25) is 0 Å². The Morgan fingerprint density at radius 3 is 2.83 bits per heavy atom. The van der Waals surface area contributed by atoms with E-state index in [1.807, 2.05) is 0 Å². The van der Waals surface area contributed by atoms with Crippen molar-refractivity contribution in [1.29, 1.82) is 0 Å². The molecular weight excluding hydrogens is 242 g/mol. The van der Waals surface area contributed by atoms with Crippen molar-refractivity contribution in [3.05, 3.63) is 48.0 Å². The van der Waals surface area contributed by atoms with Gasteiger partial charge in [-0.1, -0.05) is 0 Å². The molecule has 2 aromatic heterocycles. The van der Waals surface area contributed by atoms with Gasteiger partial charge in [0.25, 0.3) is 0 Å². The van der Waals surface area contributed by atoms with Crippen LogP contribution in [-0.4, -0.2) is 15.7 Å². The van der Waals surface area contributed by atoms with Gasteiger partial charge >= 0.3 is 5.84 Å². The number of aldehydes is 1. The summed E-state index contributed by atoms with van der Waals surface area (Å²) < 4.78 is 33.1. The molecule has 0 unspecified atom stereocenters. The minimum Gasteiger partial charge on any atom is -0.420 e. The number of aromatic nitrogens is 2. The smallest absolute Gasteiger partial charge is 0.306 e. The van der Waals surface area contributed by atoms with E-state index in [9.17, 15) is 13.6 Å². The number of hydrogen-bond acceptors (Lipinski definition) is 3. The summed E-state index contributed by atoms with van der Waals surface area (Å²) in [6, 6.07) is 3.11. The molecule has 0 aliphatic heterocycles. The molecule has 0 amide bonds. The molecule has 0 fully saturated rings. The Morgan fingerprint density at radius 1 is 1.28 bits per heavy atom. The number of fused-ring (bicyclic) bond motifs is 1. The van der Waals surface area contributed by atoms with E-state index in [0.717, 1.165) is 18.2 Å². The molecule has 0 bridgehead atoms. The van der Waals surface area contributed by atoms with Gasteiger partial charge in [0.15, 0.2) is 12.0 Å². The van der Waals surface area contributed by atoms with Crippen LogP contribution >= 0.6 is 0 Å². The maximum absolute atomic E-state index is 13.5. The largest absolute Gasteiger partial charge is 0.420 e. The van der Waals surface area contributed by atoms with Gasteiger partial charge in [0, 0.05) is 11.8 Å². The Labute approximate surface area is 99.5 Å². The Hall–Kier alpha value is -2.50. The monoisotopic (exact) mass is 248 g/mol.